The van der Waals surface area contributed by atoms with Crippen LogP contribution in [-0.2, 0) is 9.59 Å². The van der Waals surface area contributed by atoms with Gasteiger partial charge in [-0.2, -0.15) is 0 Å². The fourth-order valence-electron chi connectivity index (χ4n) is 1.88. The van der Waals surface area contributed by atoms with Crippen molar-refractivity contribution in [3.63, 3.8) is 0 Å². The van der Waals surface area contributed by atoms with Crippen LogP contribution in [0.15, 0.2) is 0 Å². The van der Waals surface area contributed by atoms with Gasteiger partial charge in [0.1, 0.15) is 0 Å². The lowest BCUT2D eigenvalue weighted by Gasteiger charge is -2.27. The lowest BCUT2D eigenvalue weighted by Crippen LogP contribution is -2.52. The number of Topliss-reactive ketones (excluding diaryl/α,β-unsaturated/α-hetero) is 1. The number of amides is 3. The first kappa shape index (κ1) is 20.4. The molecule has 0 heterocycles. The lowest BCUT2D eigenvalue weighted by atomic mass is 9.84. The first-order chi connectivity index (χ1) is 9.96. The number of primary amides is 1. The topological polar surface area (TPSA) is 127 Å². The Bertz CT molecular complexity index is 402. The quantitative estimate of drug-likeness (QED) is 0.487. The van der Waals surface area contributed by atoms with Crippen LogP contribution in [0.2, 0.25) is 0 Å². The molecule has 0 aromatic rings. The highest BCUT2D eigenvalue weighted by atomic mass is 16.2. The zero-order valence-electron chi connectivity index (χ0n) is 14.2. The molecule has 0 rings (SSSR count). The Hall–Kier alpha value is -1.63. The van der Waals surface area contributed by atoms with E-state index >= 15 is 0 Å². The summed E-state index contributed by atoms with van der Waals surface area (Å²) in [5.74, 6) is -0.404. The summed E-state index contributed by atoms with van der Waals surface area (Å²) < 4.78 is 0. The number of urea groups is 1. The van der Waals surface area contributed by atoms with Gasteiger partial charge in [0.2, 0.25) is 5.91 Å². The van der Waals surface area contributed by atoms with Gasteiger partial charge >= 0.3 is 6.03 Å². The molecule has 0 saturated carbocycles. The molecular weight excluding hydrogens is 284 g/mol. The van der Waals surface area contributed by atoms with Gasteiger partial charge in [0.05, 0.1) is 12.1 Å². The molecule has 0 aromatic heterocycles. The van der Waals surface area contributed by atoms with Crippen molar-refractivity contribution in [2.45, 2.75) is 59.5 Å². The van der Waals surface area contributed by atoms with E-state index in [1.54, 1.807) is 20.8 Å². The molecule has 6 N–H and O–H groups in total. The van der Waals surface area contributed by atoms with E-state index in [-0.39, 0.29) is 17.6 Å². The first-order valence-corrected chi connectivity index (χ1v) is 7.60. The van der Waals surface area contributed by atoms with Gasteiger partial charge < -0.3 is 22.1 Å². The summed E-state index contributed by atoms with van der Waals surface area (Å²) in [6.07, 6.45) is 0.958. The van der Waals surface area contributed by atoms with Crippen LogP contribution in [-0.4, -0.2) is 36.3 Å². The molecule has 7 heteroatoms. The van der Waals surface area contributed by atoms with Crippen LogP contribution < -0.4 is 22.1 Å². The second kappa shape index (κ2) is 8.73. The zero-order chi connectivity index (χ0) is 17.5. The molecule has 0 radical (unpaired) electrons. The van der Waals surface area contributed by atoms with Gasteiger partial charge in [0, 0.05) is 12.0 Å². The summed E-state index contributed by atoms with van der Waals surface area (Å²) in [6, 6.07) is -1.88. The minimum absolute atomic E-state index is 0.0121. The number of nitrogens with one attached hydrogen (secondary N) is 2. The smallest absolute Gasteiger partial charge is 0.312 e. The fraction of sp³-hybridized carbons (Fsp3) is 0.800. The summed E-state index contributed by atoms with van der Waals surface area (Å²) in [5.41, 5.74) is 10.2. The lowest BCUT2D eigenvalue weighted by molar-refractivity contribution is -0.133. The van der Waals surface area contributed by atoms with Crippen molar-refractivity contribution in [1.82, 2.24) is 10.6 Å². The van der Waals surface area contributed by atoms with Gasteiger partial charge in [0.25, 0.3) is 0 Å². The number of hydrogen-bond donors (Lipinski definition) is 4. The molecular formula is C15H30N4O3. The van der Waals surface area contributed by atoms with Crippen LogP contribution in [0.1, 0.15) is 47.5 Å². The molecule has 0 saturated heterocycles. The molecule has 0 aliphatic rings. The minimum atomic E-state index is -0.654. The predicted octanol–water partition coefficient (Wildman–Crippen LogP) is 0.518. The van der Waals surface area contributed by atoms with E-state index in [1.807, 2.05) is 13.8 Å². The second-order valence-electron chi connectivity index (χ2n) is 6.88. The third kappa shape index (κ3) is 7.40. The number of ketones is 1. The molecule has 0 aromatic carbocycles. The maximum Gasteiger partial charge on any atom is 0.312 e. The number of carbonyl (C=O) groups is 3. The van der Waals surface area contributed by atoms with E-state index in [0.717, 1.165) is 0 Å². The number of rotatable bonds is 8. The molecule has 128 valence electrons. The van der Waals surface area contributed by atoms with Crippen LogP contribution in [0, 0.1) is 11.3 Å². The van der Waals surface area contributed by atoms with E-state index in [1.165, 1.54) is 0 Å². The summed E-state index contributed by atoms with van der Waals surface area (Å²) in [5, 5.41) is 5.20. The molecule has 2 atom stereocenters. The van der Waals surface area contributed by atoms with Crippen molar-refractivity contribution in [2.75, 3.05) is 6.54 Å². The van der Waals surface area contributed by atoms with Crippen LogP contribution >= 0.6 is 0 Å². The Kier molecular flexibility index (Phi) is 8.08. The Morgan fingerprint density at radius 3 is 2.09 bits per heavy atom. The molecule has 0 spiro atoms. The molecule has 0 aliphatic carbocycles. The van der Waals surface area contributed by atoms with E-state index in [0.29, 0.717) is 19.4 Å². The highest BCUT2D eigenvalue weighted by Crippen LogP contribution is 2.19. The van der Waals surface area contributed by atoms with Crippen LogP contribution in [0.5, 0.6) is 0 Å². The van der Waals surface area contributed by atoms with Crippen LogP contribution in [0.3, 0.4) is 0 Å². The first-order valence-electron chi connectivity index (χ1n) is 7.60. The summed E-state index contributed by atoms with van der Waals surface area (Å²) >= 11 is 0. The minimum Gasteiger partial charge on any atom is -0.352 e. The third-order valence-corrected chi connectivity index (χ3v) is 3.36. The standard InChI is InChI=1S/C15H30N4O3/c1-9(2)11(16)13(21)19-10(12(20)15(3,4)5)7-6-8-18-14(17)22/h9-11H,6-8,16H2,1-5H3,(H,19,21)(H3,17,18,22). The molecule has 7 nitrogen and oxygen atoms in total. The van der Waals surface area contributed by atoms with Gasteiger partial charge in [0.15, 0.2) is 5.78 Å². The van der Waals surface area contributed by atoms with Crippen molar-refractivity contribution in [1.29, 1.82) is 0 Å². The maximum absolute atomic E-state index is 12.5. The van der Waals surface area contributed by atoms with Crippen molar-refractivity contribution in [3.05, 3.63) is 0 Å². The number of hydrogen-bond acceptors (Lipinski definition) is 4. The highest BCUT2D eigenvalue weighted by Gasteiger charge is 2.31. The van der Waals surface area contributed by atoms with Crippen molar-refractivity contribution < 1.29 is 14.4 Å². The van der Waals surface area contributed by atoms with E-state index in [9.17, 15) is 14.4 Å². The molecule has 0 bridgehead atoms. The fourth-order valence-corrected chi connectivity index (χ4v) is 1.88. The molecule has 0 fully saturated rings. The van der Waals surface area contributed by atoms with Crippen LogP contribution in [0.25, 0.3) is 0 Å². The van der Waals surface area contributed by atoms with Crippen molar-refractivity contribution in [3.8, 4) is 0 Å². The zero-order valence-corrected chi connectivity index (χ0v) is 14.2. The van der Waals surface area contributed by atoms with E-state index in [4.69, 9.17) is 11.5 Å². The molecule has 3 amide bonds. The van der Waals surface area contributed by atoms with Gasteiger partial charge in [-0.1, -0.05) is 34.6 Å². The summed E-state index contributed by atoms with van der Waals surface area (Å²) in [7, 11) is 0. The molecule has 0 aliphatic heterocycles. The Morgan fingerprint density at radius 1 is 1.14 bits per heavy atom. The average molecular weight is 314 g/mol. The van der Waals surface area contributed by atoms with Gasteiger partial charge in [-0.05, 0) is 18.8 Å². The SMILES string of the molecule is CC(C)C(N)C(=O)NC(CCCNC(N)=O)C(=O)C(C)(C)C. The summed E-state index contributed by atoms with van der Waals surface area (Å²) in [6.45, 7) is 9.47. The Balaban J connectivity index is 4.76. The van der Waals surface area contributed by atoms with Crippen molar-refractivity contribution >= 4 is 17.7 Å². The second-order valence-corrected chi connectivity index (χ2v) is 6.88. The van der Waals surface area contributed by atoms with Gasteiger partial charge in [-0.3, -0.25) is 9.59 Å². The highest BCUT2D eigenvalue weighted by molar-refractivity contribution is 5.93. The average Bonchev–Trinajstić information content (AvgIpc) is 2.38. The monoisotopic (exact) mass is 314 g/mol. The summed E-state index contributed by atoms with van der Waals surface area (Å²) in [4.78, 5) is 35.2. The van der Waals surface area contributed by atoms with Crippen LogP contribution in [0.4, 0.5) is 4.79 Å². The maximum atomic E-state index is 12.5. The number of carbonyl (C=O) groups excluding carboxylic acids is 3. The van der Waals surface area contributed by atoms with Crippen molar-refractivity contribution in [2.24, 2.45) is 22.8 Å². The third-order valence-electron chi connectivity index (χ3n) is 3.36. The Morgan fingerprint density at radius 2 is 1.68 bits per heavy atom. The molecule has 2 unspecified atom stereocenters. The van der Waals surface area contributed by atoms with Gasteiger partial charge in [-0.15, -0.1) is 0 Å². The van der Waals surface area contributed by atoms with E-state index in [2.05, 4.69) is 10.6 Å². The largest absolute Gasteiger partial charge is 0.352 e. The molecule has 22 heavy (non-hydrogen) atoms. The van der Waals surface area contributed by atoms with E-state index < -0.39 is 23.5 Å². The number of nitrogens with two attached hydrogens (primary N) is 2. The Labute approximate surface area is 132 Å². The predicted molar refractivity (Wildman–Crippen MR) is 86.0 cm³/mol. The van der Waals surface area contributed by atoms with Gasteiger partial charge in [-0.25, -0.2) is 4.79 Å². The normalized spacial score (nSPS) is 14.3.